The lowest BCUT2D eigenvalue weighted by Gasteiger charge is -2.25. The van der Waals surface area contributed by atoms with Gasteiger partial charge in [0.2, 0.25) is 0 Å². The lowest BCUT2D eigenvalue weighted by Crippen LogP contribution is -2.34. The summed E-state index contributed by atoms with van der Waals surface area (Å²) in [5, 5.41) is 0. The van der Waals surface area contributed by atoms with E-state index >= 15 is 0 Å². The van der Waals surface area contributed by atoms with Crippen LogP contribution in [0.3, 0.4) is 0 Å². The van der Waals surface area contributed by atoms with Crippen molar-refractivity contribution in [3.05, 3.63) is 23.9 Å². The zero-order valence-corrected chi connectivity index (χ0v) is 13.3. The van der Waals surface area contributed by atoms with E-state index in [4.69, 9.17) is 18.0 Å². The van der Waals surface area contributed by atoms with Crippen LogP contribution in [-0.2, 0) is 0 Å². The first-order valence-electron chi connectivity index (χ1n) is 6.58. The molecule has 0 radical (unpaired) electrons. The average molecular weight is 294 g/mol. The Morgan fingerprint density at radius 3 is 2.50 bits per heavy atom. The Morgan fingerprint density at radius 2 is 2.10 bits per heavy atom. The van der Waals surface area contributed by atoms with E-state index in [-0.39, 0.29) is 11.8 Å². The molecule has 0 aliphatic rings. The topological polar surface area (TPSA) is 62.5 Å². The highest BCUT2D eigenvalue weighted by molar-refractivity contribution is 7.80. The number of aromatic nitrogens is 1. The van der Waals surface area contributed by atoms with Gasteiger partial charge in [-0.3, -0.25) is 4.79 Å². The van der Waals surface area contributed by atoms with Crippen molar-refractivity contribution in [2.45, 2.75) is 13.8 Å². The molecule has 0 aliphatic heterocycles. The third kappa shape index (κ3) is 4.16. The Hall–Kier alpha value is -1.69. The molecule has 1 amide bonds. The van der Waals surface area contributed by atoms with E-state index in [1.165, 1.54) is 4.90 Å². The van der Waals surface area contributed by atoms with Gasteiger partial charge >= 0.3 is 0 Å². The van der Waals surface area contributed by atoms with Gasteiger partial charge in [0.25, 0.3) is 5.91 Å². The number of hydrogen-bond acceptors (Lipinski definition) is 4. The molecule has 1 atom stereocenters. The van der Waals surface area contributed by atoms with E-state index in [1.807, 2.05) is 19.9 Å². The van der Waals surface area contributed by atoms with Gasteiger partial charge in [-0.2, -0.15) is 0 Å². The number of rotatable bonds is 6. The first-order valence-corrected chi connectivity index (χ1v) is 6.99. The number of thiocarbonyl (C=S) groups is 1. The van der Waals surface area contributed by atoms with Crippen molar-refractivity contribution in [3.63, 3.8) is 0 Å². The lowest BCUT2D eigenvalue weighted by atomic mass is 10.1. The van der Waals surface area contributed by atoms with Gasteiger partial charge in [0.15, 0.2) is 0 Å². The summed E-state index contributed by atoms with van der Waals surface area (Å²) >= 11 is 5.00. The number of nitrogens with two attached hydrogens (primary N) is 1. The number of carbonyl (C=O) groups is 1. The standard InChI is InChI=1S/C14H22N4OS/c1-5-18(9-10(2)13(15)20)12-7-6-11(8-16-12)14(19)17(3)4/h6-8,10H,5,9H2,1-4H3,(H2,15,20). The first-order chi connectivity index (χ1) is 9.36. The van der Waals surface area contributed by atoms with Crippen LogP contribution in [0.2, 0.25) is 0 Å². The highest BCUT2D eigenvalue weighted by Crippen LogP contribution is 2.14. The molecule has 1 aromatic rings. The van der Waals surface area contributed by atoms with Crippen molar-refractivity contribution in [1.82, 2.24) is 9.88 Å². The number of pyridine rings is 1. The summed E-state index contributed by atoms with van der Waals surface area (Å²) in [4.78, 5) is 20.3. The van der Waals surface area contributed by atoms with Gasteiger partial charge in [-0.25, -0.2) is 4.98 Å². The Balaban J connectivity index is 2.85. The summed E-state index contributed by atoms with van der Waals surface area (Å²) in [5.74, 6) is 0.893. The zero-order valence-electron chi connectivity index (χ0n) is 12.5. The predicted octanol–water partition coefficient (Wildman–Crippen LogP) is 1.53. The molecule has 0 saturated carbocycles. The van der Waals surface area contributed by atoms with Crippen molar-refractivity contribution in [3.8, 4) is 0 Å². The maximum atomic E-state index is 11.8. The Labute approximate surface area is 125 Å². The second-order valence-corrected chi connectivity index (χ2v) is 5.42. The Kier molecular flexibility index (Phi) is 5.88. The van der Waals surface area contributed by atoms with Crippen molar-refractivity contribution in [2.75, 3.05) is 32.1 Å². The minimum Gasteiger partial charge on any atom is -0.393 e. The van der Waals surface area contributed by atoms with Crippen LogP contribution in [0.5, 0.6) is 0 Å². The molecule has 20 heavy (non-hydrogen) atoms. The molecule has 5 nitrogen and oxygen atoms in total. The van der Waals surface area contributed by atoms with E-state index in [0.717, 1.165) is 18.9 Å². The molecule has 1 unspecified atom stereocenters. The number of amides is 1. The van der Waals surface area contributed by atoms with E-state index in [0.29, 0.717) is 10.6 Å². The molecule has 6 heteroatoms. The third-order valence-corrected chi connectivity index (χ3v) is 3.49. The van der Waals surface area contributed by atoms with Crippen LogP contribution >= 0.6 is 12.2 Å². The minimum atomic E-state index is -0.0522. The molecule has 1 aromatic heterocycles. The van der Waals surface area contributed by atoms with Crippen LogP contribution < -0.4 is 10.6 Å². The number of nitrogens with zero attached hydrogens (tertiary/aromatic N) is 3. The Morgan fingerprint density at radius 1 is 1.45 bits per heavy atom. The van der Waals surface area contributed by atoms with Crippen molar-refractivity contribution in [2.24, 2.45) is 11.7 Å². The molecule has 0 aromatic carbocycles. The molecule has 1 heterocycles. The number of anilines is 1. The van der Waals surface area contributed by atoms with Crippen LogP contribution in [-0.4, -0.2) is 48.0 Å². The quantitative estimate of drug-likeness (QED) is 0.806. The second-order valence-electron chi connectivity index (χ2n) is 4.95. The maximum Gasteiger partial charge on any atom is 0.254 e. The monoisotopic (exact) mass is 294 g/mol. The molecule has 0 aliphatic carbocycles. The van der Waals surface area contributed by atoms with Gasteiger partial charge in [-0.15, -0.1) is 0 Å². The summed E-state index contributed by atoms with van der Waals surface area (Å²) in [6, 6.07) is 3.64. The highest BCUT2D eigenvalue weighted by atomic mass is 32.1. The van der Waals surface area contributed by atoms with Gasteiger partial charge in [-0.05, 0) is 19.1 Å². The van der Waals surface area contributed by atoms with Crippen molar-refractivity contribution < 1.29 is 4.79 Å². The first kappa shape index (κ1) is 16.4. The smallest absolute Gasteiger partial charge is 0.254 e. The lowest BCUT2D eigenvalue weighted by molar-refractivity contribution is 0.0827. The number of hydrogen-bond donors (Lipinski definition) is 1. The molecule has 0 spiro atoms. The summed E-state index contributed by atoms with van der Waals surface area (Å²) in [6.45, 7) is 5.57. The van der Waals surface area contributed by atoms with Gasteiger partial charge < -0.3 is 15.5 Å². The Bertz CT molecular complexity index is 473. The summed E-state index contributed by atoms with van der Waals surface area (Å²) in [5.41, 5.74) is 6.23. The van der Waals surface area contributed by atoms with E-state index in [2.05, 4.69) is 9.88 Å². The summed E-state index contributed by atoms with van der Waals surface area (Å²) < 4.78 is 0. The molecule has 1 rings (SSSR count). The molecule has 110 valence electrons. The van der Waals surface area contributed by atoms with Crippen LogP contribution in [0.15, 0.2) is 18.3 Å². The van der Waals surface area contributed by atoms with Crippen molar-refractivity contribution in [1.29, 1.82) is 0 Å². The summed E-state index contributed by atoms with van der Waals surface area (Å²) in [7, 11) is 3.44. The highest BCUT2D eigenvalue weighted by Gasteiger charge is 2.14. The number of carbonyl (C=O) groups excluding carboxylic acids is 1. The SMILES string of the molecule is CCN(CC(C)C(N)=S)c1ccc(C(=O)N(C)C)cn1. The van der Waals surface area contributed by atoms with Crippen LogP contribution in [0.25, 0.3) is 0 Å². The fourth-order valence-electron chi connectivity index (χ4n) is 1.76. The molecule has 2 N–H and O–H groups in total. The van der Waals surface area contributed by atoms with Gasteiger partial charge in [0.05, 0.1) is 10.6 Å². The van der Waals surface area contributed by atoms with Gasteiger partial charge in [0, 0.05) is 39.3 Å². The molecule has 0 bridgehead atoms. The zero-order chi connectivity index (χ0) is 15.3. The second kappa shape index (κ2) is 7.19. The van der Waals surface area contributed by atoms with E-state index in [9.17, 15) is 4.79 Å². The molecular weight excluding hydrogens is 272 g/mol. The maximum absolute atomic E-state index is 11.8. The van der Waals surface area contributed by atoms with Crippen LogP contribution in [0.4, 0.5) is 5.82 Å². The fraction of sp³-hybridized carbons (Fsp3) is 0.500. The van der Waals surface area contributed by atoms with E-state index < -0.39 is 0 Å². The molecular formula is C14H22N4OS. The van der Waals surface area contributed by atoms with Gasteiger partial charge in [-0.1, -0.05) is 19.1 Å². The van der Waals surface area contributed by atoms with E-state index in [1.54, 1.807) is 26.4 Å². The summed E-state index contributed by atoms with van der Waals surface area (Å²) in [6.07, 6.45) is 1.60. The van der Waals surface area contributed by atoms with Gasteiger partial charge in [0.1, 0.15) is 5.82 Å². The molecule has 0 saturated heterocycles. The minimum absolute atomic E-state index is 0.0522. The van der Waals surface area contributed by atoms with Crippen LogP contribution in [0, 0.1) is 5.92 Å². The molecule has 0 fully saturated rings. The fourth-order valence-corrected chi connectivity index (χ4v) is 1.84. The third-order valence-electron chi connectivity index (χ3n) is 3.09. The van der Waals surface area contributed by atoms with Crippen LogP contribution in [0.1, 0.15) is 24.2 Å². The largest absolute Gasteiger partial charge is 0.393 e. The predicted molar refractivity (Wildman–Crippen MR) is 86.1 cm³/mol. The van der Waals surface area contributed by atoms with Crippen molar-refractivity contribution >= 4 is 28.9 Å². The normalized spacial score (nSPS) is 11.8. The average Bonchev–Trinajstić information content (AvgIpc) is 2.43.